The van der Waals surface area contributed by atoms with Crippen LogP contribution in [0.2, 0.25) is 0 Å². The van der Waals surface area contributed by atoms with E-state index in [1.807, 2.05) is 11.8 Å². The van der Waals surface area contributed by atoms with Gasteiger partial charge >= 0.3 is 0 Å². The summed E-state index contributed by atoms with van der Waals surface area (Å²) in [5.41, 5.74) is 1.30. The van der Waals surface area contributed by atoms with Crippen molar-refractivity contribution in [2.75, 3.05) is 18.1 Å². The van der Waals surface area contributed by atoms with Crippen LogP contribution in [0.4, 0.5) is 0 Å². The SMILES string of the molecule is CC1=NCCSC1. The van der Waals surface area contributed by atoms with Crippen molar-refractivity contribution < 1.29 is 0 Å². The molecule has 0 aromatic heterocycles. The van der Waals surface area contributed by atoms with E-state index in [0.717, 1.165) is 12.3 Å². The fourth-order valence-corrected chi connectivity index (χ4v) is 1.32. The third-order valence-electron chi connectivity index (χ3n) is 0.928. The molecule has 0 amide bonds. The van der Waals surface area contributed by atoms with E-state index >= 15 is 0 Å². The normalized spacial score (nSPS) is 21.6. The summed E-state index contributed by atoms with van der Waals surface area (Å²) in [7, 11) is 0. The molecule has 0 radical (unpaired) electrons. The average Bonchev–Trinajstić information content (AvgIpc) is 1.69. The summed E-state index contributed by atoms with van der Waals surface area (Å²) in [5, 5.41) is 0. The molecule has 0 fully saturated rings. The topological polar surface area (TPSA) is 12.4 Å². The molecule has 0 aromatic rings. The quantitative estimate of drug-likeness (QED) is 0.462. The molecule has 1 nitrogen and oxygen atoms in total. The number of hydrogen-bond acceptors (Lipinski definition) is 2. The molecule has 1 rings (SSSR count). The molecule has 1 aliphatic heterocycles. The van der Waals surface area contributed by atoms with Gasteiger partial charge in [0.15, 0.2) is 0 Å². The second-order valence-corrected chi connectivity index (χ2v) is 2.77. The smallest absolute Gasteiger partial charge is 0.0479 e. The van der Waals surface area contributed by atoms with E-state index in [0.29, 0.717) is 0 Å². The van der Waals surface area contributed by atoms with E-state index in [4.69, 9.17) is 0 Å². The summed E-state index contributed by atoms with van der Waals surface area (Å²) in [6.07, 6.45) is 0. The van der Waals surface area contributed by atoms with E-state index in [1.54, 1.807) is 0 Å². The number of rotatable bonds is 0. The second kappa shape index (κ2) is 2.36. The standard InChI is InChI=1S/C5H9NS/c1-5-4-7-3-2-6-5/h2-4H2,1H3. The van der Waals surface area contributed by atoms with Gasteiger partial charge in [-0.3, -0.25) is 4.99 Å². The molecule has 0 N–H and O–H groups in total. The summed E-state index contributed by atoms with van der Waals surface area (Å²) in [6, 6.07) is 0. The predicted molar refractivity (Wildman–Crippen MR) is 35.3 cm³/mol. The molecule has 7 heavy (non-hydrogen) atoms. The molecule has 0 atom stereocenters. The van der Waals surface area contributed by atoms with E-state index in [2.05, 4.69) is 11.9 Å². The zero-order chi connectivity index (χ0) is 5.11. The van der Waals surface area contributed by atoms with Crippen LogP contribution in [0, 0.1) is 0 Å². The maximum atomic E-state index is 4.23. The van der Waals surface area contributed by atoms with E-state index in [-0.39, 0.29) is 0 Å². The van der Waals surface area contributed by atoms with Crippen LogP contribution in [-0.2, 0) is 0 Å². The highest BCUT2D eigenvalue weighted by Gasteiger charge is 1.96. The minimum atomic E-state index is 1.04. The fraction of sp³-hybridized carbons (Fsp3) is 0.800. The first-order valence-electron chi connectivity index (χ1n) is 2.47. The van der Waals surface area contributed by atoms with Gasteiger partial charge in [-0.1, -0.05) is 0 Å². The van der Waals surface area contributed by atoms with Crippen LogP contribution >= 0.6 is 11.8 Å². The summed E-state index contributed by atoms with van der Waals surface area (Å²) in [5.74, 6) is 2.37. The molecular weight excluding hydrogens is 106 g/mol. The van der Waals surface area contributed by atoms with Gasteiger partial charge in [0.1, 0.15) is 0 Å². The number of hydrogen-bond donors (Lipinski definition) is 0. The lowest BCUT2D eigenvalue weighted by molar-refractivity contribution is 1.12. The Balaban J connectivity index is 2.40. The van der Waals surface area contributed by atoms with Gasteiger partial charge in [-0.15, -0.1) is 0 Å². The van der Waals surface area contributed by atoms with Gasteiger partial charge in [-0.05, 0) is 6.92 Å². The number of aliphatic imine (C=N–C) groups is 1. The molecule has 0 bridgehead atoms. The summed E-state index contributed by atoms with van der Waals surface area (Å²) in [4.78, 5) is 4.23. The molecule has 1 heterocycles. The zero-order valence-electron chi connectivity index (χ0n) is 4.48. The molecule has 40 valence electrons. The summed E-state index contributed by atoms with van der Waals surface area (Å²) in [6.45, 7) is 3.13. The summed E-state index contributed by atoms with van der Waals surface area (Å²) < 4.78 is 0. The van der Waals surface area contributed by atoms with Crippen molar-refractivity contribution in [2.45, 2.75) is 6.92 Å². The van der Waals surface area contributed by atoms with Crippen molar-refractivity contribution >= 4 is 17.5 Å². The Morgan fingerprint density at radius 1 is 1.71 bits per heavy atom. The second-order valence-electron chi connectivity index (χ2n) is 1.67. The average molecular weight is 115 g/mol. The van der Waals surface area contributed by atoms with Crippen LogP contribution in [0.5, 0.6) is 0 Å². The molecule has 0 spiro atoms. The minimum Gasteiger partial charge on any atom is -0.293 e. The molecule has 0 unspecified atom stereocenters. The molecule has 2 heteroatoms. The fourth-order valence-electron chi connectivity index (χ4n) is 0.567. The summed E-state index contributed by atoms with van der Waals surface area (Å²) >= 11 is 1.97. The maximum Gasteiger partial charge on any atom is 0.0479 e. The Bertz CT molecular complexity index is 88.1. The van der Waals surface area contributed by atoms with Crippen LogP contribution in [0.25, 0.3) is 0 Å². The highest BCUT2D eigenvalue weighted by atomic mass is 32.2. The van der Waals surface area contributed by atoms with Crippen molar-refractivity contribution in [2.24, 2.45) is 4.99 Å². The van der Waals surface area contributed by atoms with Gasteiger partial charge in [0, 0.05) is 23.8 Å². The molecule has 1 aliphatic rings. The Labute approximate surface area is 48.2 Å². The first-order valence-corrected chi connectivity index (χ1v) is 3.63. The van der Waals surface area contributed by atoms with Gasteiger partial charge in [0.2, 0.25) is 0 Å². The van der Waals surface area contributed by atoms with Gasteiger partial charge in [0.05, 0.1) is 0 Å². The Kier molecular flexibility index (Phi) is 1.74. The van der Waals surface area contributed by atoms with Crippen molar-refractivity contribution in [1.29, 1.82) is 0 Å². The Hall–Kier alpha value is 0.0200. The van der Waals surface area contributed by atoms with Gasteiger partial charge in [-0.2, -0.15) is 11.8 Å². The van der Waals surface area contributed by atoms with Crippen molar-refractivity contribution in [3.05, 3.63) is 0 Å². The third-order valence-corrected chi connectivity index (χ3v) is 2.02. The van der Waals surface area contributed by atoms with Crippen LogP contribution in [0.15, 0.2) is 4.99 Å². The van der Waals surface area contributed by atoms with Gasteiger partial charge < -0.3 is 0 Å². The van der Waals surface area contributed by atoms with Gasteiger partial charge in [-0.25, -0.2) is 0 Å². The van der Waals surface area contributed by atoms with Crippen LogP contribution < -0.4 is 0 Å². The van der Waals surface area contributed by atoms with E-state index in [1.165, 1.54) is 11.5 Å². The van der Waals surface area contributed by atoms with E-state index in [9.17, 15) is 0 Å². The highest BCUT2D eigenvalue weighted by Crippen LogP contribution is 2.05. The first kappa shape index (κ1) is 5.16. The lowest BCUT2D eigenvalue weighted by atomic mass is 10.5. The van der Waals surface area contributed by atoms with Gasteiger partial charge in [0.25, 0.3) is 0 Å². The largest absolute Gasteiger partial charge is 0.293 e. The van der Waals surface area contributed by atoms with Crippen LogP contribution in [0.1, 0.15) is 6.92 Å². The number of thioether (sulfide) groups is 1. The van der Waals surface area contributed by atoms with E-state index < -0.39 is 0 Å². The first-order chi connectivity index (χ1) is 3.39. The molecule has 0 aromatic carbocycles. The lowest BCUT2D eigenvalue weighted by Gasteiger charge is -2.04. The lowest BCUT2D eigenvalue weighted by Crippen LogP contribution is -2.05. The minimum absolute atomic E-state index is 1.04. The van der Waals surface area contributed by atoms with Crippen molar-refractivity contribution in [3.63, 3.8) is 0 Å². The van der Waals surface area contributed by atoms with Crippen LogP contribution in [0.3, 0.4) is 0 Å². The van der Waals surface area contributed by atoms with Crippen molar-refractivity contribution in [3.8, 4) is 0 Å². The van der Waals surface area contributed by atoms with Crippen LogP contribution in [-0.4, -0.2) is 23.8 Å². The molecule has 0 aliphatic carbocycles. The Morgan fingerprint density at radius 3 is 2.86 bits per heavy atom. The van der Waals surface area contributed by atoms with Crippen molar-refractivity contribution in [1.82, 2.24) is 0 Å². The Morgan fingerprint density at radius 2 is 2.57 bits per heavy atom. The zero-order valence-corrected chi connectivity index (χ0v) is 5.29. The predicted octanol–water partition coefficient (Wildman–Crippen LogP) is 1.19. The third kappa shape index (κ3) is 1.51. The molecular formula is C5H9NS. The maximum absolute atomic E-state index is 4.23. The molecule has 0 saturated heterocycles. The highest BCUT2D eigenvalue weighted by molar-refractivity contribution is 8.00. The number of nitrogens with zero attached hydrogens (tertiary/aromatic N) is 1. The molecule has 0 saturated carbocycles. The monoisotopic (exact) mass is 115 g/mol.